The van der Waals surface area contributed by atoms with Crippen LogP contribution in [0.15, 0.2) is 24.3 Å². The first-order chi connectivity index (χ1) is 9.65. The highest BCUT2D eigenvalue weighted by atomic mass is 16.5. The second-order valence-electron chi connectivity index (χ2n) is 5.10. The van der Waals surface area contributed by atoms with Crippen molar-refractivity contribution in [3.8, 4) is 5.75 Å². The van der Waals surface area contributed by atoms with E-state index in [0.29, 0.717) is 19.0 Å². The van der Waals surface area contributed by atoms with E-state index in [9.17, 15) is 4.79 Å². The van der Waals surface area contributed by atoms with Crippen LogP contribution in [0.1, 0.15) is 31.4 Å². The van der Waals surface area contributed by atoms with Gasteiger partial charge in [0, 0.05) is 25.3 Å². The monoisotopic (exact) mass is 278 g/mol. The topological polar surface area (TPSA) is 73.6 Å². The predicted octanol–water partition coefficient (Wildman–Crippen LogP) is 1.38. The van der Waals surface area contributed by atoms with E-state index < -0.39 is 0 Å². The second-order valence-corrected chi connectivity index (χ2v) is 5.10. The fourth-order valence-corrected chi connectivity index (χ4v) is 2.15. The van der Waals surface area contributed by atoms with E-state index in [2.05, 4.69) is 5.32 Å². The van der Waals surface area contributed by atoms with Crippen LogP contribution in [-0.4, -0.2) is 31.8 Å². The van der Waals surface area contributed by atoms with Gasteiger partial charge in [0.2, 0.25) is 0 Å². The van der Waals surface area contributed by atoms with Crippen molar-refractivity contribution in [2.24, 2.45) is 5.73 Å². The quantitative estimate of drug-likeness (QED) is 0.853. The lowest BCUT2D eigenvalue weighted by Gasteiger charge is -2.23. The van der Waals surface area contributed by atoms with Crippen LogP contribution in [0.25, 0.3) is 0 Å². The Labute approximate surface area is 119 Å². The molecule has 0 radical (unpaired) electrons. The van der Waals surface area contributed by atoms with Crippen molar-refractivity contribution >= 4 is 5.91 Å². The van der Waals surface area contributed by atoms with Crippen LogP contribution in [0.4, 0.5) is 0 Å². The van der Waals surface area contributed by atoms with Crippen LogP contribution in [0, 0.1) is 0 Å². The first-order valence-electron chi connectivity index (χ1n) is 7.00. The number of hydrogen-bond acceptors (Lipinski definition) is 4. The minimum Gasteiger partial charge on any atom is -0.484 e. The Bertz CT molecular complexity index is 442. The van der Waals surface area contributed by atoms with Gasteiger partial charge < -0.3 is 20.5 Å². The number of hydrogen-bond donors (Lipinski definition) is 2. The molecule has 20 heavy (non-hydrogen) atoms. The van der Waals surface area contributed by atoms with Crippen molar-refractivity contribution in [3.05, 3.63) is 29.8 Å². The Morgan fingerprint density at radius 2 is 2.25 bits per heavy atom. The molecule has 1 fully saturated rings. The summed E-state index contributed by atoms with van der Waals surface area (Å²) in [6.45, 7) is 3.36. The molecule has 0 bridgehead atoms. The molecule has 2 rings (SSSR count). The van der Waals surface area contributed by atoms with Crippen LogP contribution in [0.3, 0.4) is 0 Å². The summed E-state index contributed by atoms with van der Waals surface area (Å²) in [6.07, 6.45) is 1.73. The molecule has 1 aromatic carbocycles. The first-order valence-corrected chi connectivity index (χ1v) is 7.00. The fourth-order valence-electron chi connectivity index (χ4n) is 2.15. The number of rotatable bonds is 5. The highest BCUT2D eigenvalue weighted by Crippen LogP contribution is 2.17. The SMILES string of the molecule is C[C@@H](N)c1cccc(OCC(=O)NC2CCOCC2)c1. The molecular weight excluding hydrogens is 256 g/mol. The number of carbonyl (C=O) groups is 1. The standard InChI is InChI=1S/C15H22N2O3/c1-11(16)12-3-2-4-14(9-12)20-10-15(18)17-13-5-7-19-8-6-13/h2-4,9,11,13H,5-8,10,16H2,1H3,(H,17,18)/t11-/m1/s1. The highest BCUT2D eigenvalue weighted by molar-refractivity contribution is 5.77. The summed E-state index contributed by atoms with van der Waals surface area (Å²) < 4.78 is 10.8. The van der Waals surface area contributed by atoms with Gasteiger partial charge in [0.25, 0.3) is 5.91 Å². The summed E-state index contributed by atoms with van der Waals surface area (Å²) in [5, 5.41) is 2.96. The molecule has 1 amide bonds. The Morgan fingerprint density at radius 3 is 2.95 bits per heavy atom. The fraction of sp³-hybridized carbons (Fsp3) is 0.533. The predicted molar refractivity (Wildman–Crippen MR) is 76.5 cm³/mol. The maximum atomic E-state index is 11.8. The smallest absolute Gasteiger partial charge is 0.258 e. The molecule has 0 aromatic heterocycles. The van der Waals surface area contributed by atoms with Gasteiger partial charge in [-0.25, -0.2) is 0 Å². The molecule has 5 nitrogen and oxygen atoms in total. The van der Waals surface area contributed by atoms with Crippen molar-refractivity contribution in [1.29, 1.82) is 0 Å². The zero-order chi connectivity index (χ0) is 14.4. The van der Waals surface area contributed by atoms with Gasteiger partial charge in [0.05, 0.1) is 0 Å². The minimum atomic E-state index is -0.0944. The lowest BCUT2D eigenvalue weighted by Crippen LogP contribution is -2.41. The summed E-state index contributed by atoms with van der Waals surface area (Å²) in [4.78, 5) is 11.8. The maximum Gasteiger partial charge on any atom is 0.258 e. The van der Waals surface area contributed by atoms with Gasteiger partial charge in [0.1, 0.15) is 5.75 Å². The number of benzene rings is 1. The molecule has 1 heterocycles. The number of nitrogens with two attached hydrogens (primary N) is 1. The normalized spacial score (nSPS) is 17.5. The average molecular weight is 278 g/mol. The lowest BCUT2D eigenvalue weighted by atomic mass is 10.1. The molecule has 1 saturated heterocycles. The van der Waals surface area contributed by atoms with E-state index >= 15 is 0 Å². The molecule has 0 unspecified atom stereocenters. The third kappa shape index (κ3) is 4.51. The molecule has 5 heteroatoms. The first kappa shape index (κ1) is 14.8. The molecule has 0 aliphatic carbocycles. The van der Waals surface area contributed by atoms with Gasteiger partial charge in [0.15, 0.2) is 6.61 Å². The summed E-state index contributed by atoms with van der Waals surface area (Å²) >= 11 is 0. The Kier molecular flexibility index (Phi) is 5.38. The van der Waals surface area contributed by atoms with Gasteiger partial charge in [-0.15, -0.1) is 0 Å². The number of carbonyl (C=O) groups excluding carboxylic acids is 1. The van der Waals surface area contributed by atoms with Crippen molar-refractivity contribution < 1.29 is 14.3 Å². The molecule has 1 aromatic rings. The van der Waals surface area contributed by atoms with Crippen molar-refractivity contribution in [2.45, 2.75) is 31.8 Å². The summed E-state index contributed by atoms with van der Waals surface area (Å²) in [6, 6.07) is 7.68. The van der Waals surface area contributed by atoms with Crippen LogP contribution in [0.2, 0.25) is 0 Å². The van der Waals surface area contributed by atoms with Crippen LogP contribution < -0.4 is 15.8 Å². The van der Waals surface area contributed by atoms with Crippen molar-refractivity contribution in [3.63, 3.8) is 0 Å². The van der Waals surface area contributed by atoms with E-state index in [1.165, 1.54) is 0 Å². The Balaban J connectivity index is 1.79. The molecule has 0 spiro atoms. The maximum absolute atomic E-state index is 11.8. The van der Waals surface area contributed by atoms with E-state index in [1.54, 1.807) is 0 Å². The van der Waals surface area contributed by atoms with Gasteiger partial charge in [-0.05, 0) is 37.5 Å². The van der Waals surface area contributed by atoms with Gasteiger partial charge >= 0.3 is 0 Å². The number of nitrogens with one attached hydrogen (secondary N) is 1. The molecule has 110 valence electrons. The van der Waals surface area contributed by atoms with Crippen molar-refractivity contribution in [1.82, 2.24) is 5.32 Å². The van der Waals surface area contributed by atoms with Gasteiger partial charge in [-0.2, -0.15) is 0 Å². The van der Waals surface area contributed by atoms with E-state index in [4.69, 9.17) is 15.2 Å². The third-order valence-corrected chi connectivity index (χ3v) is 3.34. The zero-order valence-corrected chi connectivity index (χ0v) is 11.8. The lowest BCUT2D eigenvalue weighted by molar-refractivity contribution is -0.124. The summed E-state index contributed by atoms with van der Waals surface area (Å²) in [7, 11) is 0. The van der Waals surface area contributed by atoms with Crippen molar-refractivity contribution in [2.75, 3.05) is 19.8 Å². The average Bonchev–Trinajstić information content (AvgIpc) is 2.46. The molecule has 1 aliphatic rings. The summed E-state index contributed by atoms with van der Waals surface area (Å²) in [5.41, 5.74) is 6.81. The van der Waals surface area contributed by atoms with Gasteiger partial charge in [-0.1, -0.05) is 12.1 Å². The molecule has 0 saturated carbocycles. The molecule has 1 atom stereocenters. The van der Waals surface area contributed by atoms with E-state index in [0.717, 1.165) is 18.4 Å². The summed E-state index contributed by atoms with van der Waals surface area (Å²) in [5.74, 6) is 0.574. The van der Waals surface area contributed by atoms with E-state index in [-0.39, 0.29) is 24.6 Å². The van der Waals surface area contributed by atoms with Crippen LogP contribution in [-0.2, 0) is 9.53 Å². The van der Waals surface area contributed by atoms with Crippen LogP contribution in [0.5, 0.6) is 5.75 Å². The minimum absolute atomic E-state index is 0.0275. The van der Waals surface area contributed by atoms with Crippen LogP contribution >= 0.6 is 0 Å². The largest absolute Gasteiger partial charge is 0.484 e. The Morgan fingerprint density at radius 1 is 1.50 bits per heavy atom. The zero-order valence-electron chi connectivity index (χ0n) is 11.8. The number of amides is 1. The van der Waals surface area contributed by atoms with Gasteiger partial charge in [-0.3, -0.25) is 4.79 Å². The highest BCUT2D eigenvalue weighted by Gasteiger charge is 2.16. The third-order valence-electron chi connectivity index (χ3n) is 3.34. The second kappa shape index (κ2) is 7.26. The van der Waals surface area contributed by atoms with E-state index in [1.807, 2.05) is 31.2 Å². The molecule has 1 aliphatic heterocycles. The number of ether oxygens (including phenoxy) is 2. The molecule has 3 N–H and O–H groups in total. The molecular formula is C15H22N2O3. The Hall–Kier alpha value is -1.59.